The predicted octanol–water partition coefficient (Wildman–Crippen LogP) is -2.90. The van der Waals surface area contributed by atoms with Gasteiger partial charge in [0.2, 0.25) is 17.7 Å². The lowest BCUT2D eigenvalue weighted by atomic mass is 10.1. The first-order valence-corrected chi connectivity index (χ1v) is 7.66. The van der Waals surface area contributed by atoms with E-state index in [2.05, 4.69) is 15.6 Å². The number of nitrogens with one attached hydrogen (secondary N) is 2. The van der Waals surface area contributed by atoms with Gasteiger partial charge in [-0.2, -0.15) is 0 Å². The Kier molecular flexibility index (Phi) is 15.9. The van der Waals surface area contributed by atoms with Crippen molar-refractivity contribution < 1.29 is 24.3 Å². The molecule has 11 heteroatoms. The number of carbonyl (C=O) groups excluding carboxylic acids is 4. The Hall–Kier alpha value is -2.69. The highest BCUT2D eigenvalue weighted by molar-refractivity contribution is 5.89. The summed E-state index contributed by atoms with van der Waals surface area (Å²) in [4.78, 5) is 48.2. The number of nitrogens with two attached hydrogens (primary N) is 3. The number of amides is 3. The number of unbranched alkanes of at least 4 members (excludes halogenated alkanes) is 1. The highest BCUT2D eigenvalue weighted by atomic mass is 16.2. The van der Waals surface area contributed by atoms with E-state index in [1.807, 2.05) is 0 Å². The molecule has 3 amide bonds. The summed E-state index contributed by atoms with van der Waals surface area (Å²) < 4.78 is 0. The van der Waals surface area contributed by atoms with E-state index >= 15 is 0 Å². The number of hydrogen-bond donors (Lipinski definition) is 6. The minimum absolute atomic E-state index is 0.0537. The second kappa shape index (κ2) is 16.2. The van der Waals surface area contributed by atoms with Crippen LogP contribution in [0.2, 0.25) is 0 Å². The van der Waals surface area contributed by atoms with Crippen LogP contribution in [-0.2, 0) is 19.2 Å². The molecule has 9 N–H and O–H groups in total. The summed E-state index contributed by atoms with van der Waals surface area (Å²) in [6.45, 7) is 0.0487. The fraction of sp³-hybridized carbons (Fsp3) is 0.643. The molecule has 1 unspecified atom stereocenters. The maximum Gasteiger partial charge on any atom is 0.240 e. The molecule has 0 spiro atoms. The third-order valence-electron chi connectivity index (χ3n) is 2.80. The van der Waals surface area contributed by atoms with Crippen molar-refractivity contribution >= 4 is 30.0 Å². The minimum atomic E-state index is -0.858. The number of carbonyl (C=O) groups is 4. The van der Waals surface area contributed by atoms with Gasteiger partial charge in [-0.05, 0) is 19.3 Å². The summed E-state index contributed by atoms with van der Waals surface area (Å²) in [6.07, 6.45) is 2.34. The molecule has 25 heavy (non-hydrogen) atoms. The molecule has 0 fully saturated rings. The Morgan fingerprint density at radius 2 is 1.76 bits per heavy atom. The molecule has 0 aliphatic heterocycles. The van der Waals surface area contributed by atoms with Crippen LogP contribution in [0, 0.1) is 0 Å². The molecule has 0 heterocycles. The molecule has 0 bridgehead atoms. The minimum Gasteiger partial charge on any atom is -0.400 e. The topological polar surface area (TPSA) is 203 Å². The lowest BCUT2D eigenvalue weighted by molar-refractivity contribution is -0.128. The van der Waals surface area contributed by atoms with Crippen molar-refractivity contribution in [2.75, 3.05) is 20.2 Å². The lowest BCUT2D eigenvalue weighted by Crippen LogP contribution is -2.48. The number of aldehydes is 1. The first-order chi connectivity index (χ1) is 11.9. The van der Waals surface area contributed by atoms with Crippen LogP contribution in [0.15, 0.2) is 4.99 Å². The van der Waals surface area contributed by atoms with Crippen LogP contribution in [-0.4, -0.2) is 61.3 Å². The van der Waals surface area contributed by atoms with E-state index in [9.17, 15) is 19.2 Å². The fourth-order valence-corrected chi connectivity index (χ4v) is 1.65. The normalized spacial score (nSPS) is 10.5. The highest BCUT2D eigenvalue weighted by Gasteiger charge is 2.17. The Labute approximate surface area is 146 Å². The van der Waals surface area contributed by atoms with Crippen LogP contribution in [0.4, 0.5) is 0 Å². The number of guanidine groups is 1. The number of aliphatic imine (C=N–C) groups is 1. The molecule has 0 radical (unpaired) electrons. The van der Waals surface area contributed by atoms with Gasteiger partial charge < -0.3 is 37.7 Å². The molecule has 144 valence electrons. The van der Waals surface area contributed by atoms with Crippen LogP contribution in [0.1, 0.15) is 32.1 Å². The van der Waals surface area contributed by atoms with Crippen molar-refractivity contribution in [1.82, 2.24) is 10.6 Å². The molecule has 0 aliphatic rings. The molecule has 0 saturated carbocycles. The largest absolute Gasteiger partial charge is 0.400 e. The molecule has 1 atom stereocenters. The number of aliphatic hydroxyl groups excluding tert-OH is 1. The summed E-state index contributed by atoms with van der Waals surface area (Å²) in [5.41, 5.74) is 15.5. The Morgan fingerprint density at radius 3 is 2.28 bits per heavy atom. The Bertz CT molecular complexity index is 451. The quantitative estimate of drug-likeness (QED) is 0.0926. The zero-order valence-corrected chi connectivity index (χ0v) is 14.4. The Morgan fingerprint density at radius 1 is 1.12 bits per heavy atom. The molecule has 0 aromatic carbocycles. The average Bonchev–Trinajstić information content (AvgIpc) is 2.57. The molecular weight excluding hydrogens is 332 g/mol. The highest BCUT2D eigenvalue weighted by Crippen LogP contribution is 1.98. The van der Waals surface area contributed by atoms with Gasteiger partial charge >= 0.3 is 0 Å². The zero-order chi connectivity index (χ0) is 19.7. The van der Waals surface area contributed by atoms with Gasteiger partial charge in [-0.1, -0.05) is 0 Å². The monoisotopic (exact) mass is 360 g/mol. The second-order valence-electron chi connectivity index (χ2n) is 4.81. The van der Waals surface area contributed by atoms with Gasteiger partial charge in [0.25, 0.3) is 0 Å². The van der Waals surface area contributed by atoms with Crippen LogP contribution in [0.25, 0.3) is 0 Å². The summed E-state index contributed by atoms with van der Waals surface area (Å²) in [7, 11) is 1.00. The van der Waals surface area contributed by atoms with E-state index in [0.717, 1.165) is 13.4 Å². The van der Waals surface area contributed by atoms with Gasteiger partial charge in [0.1, 0.15) is 12.3 Å². The maximum absolute atomic E-state index is 11.7. The average molecular weight is 360 g/mol. The van der Waals surface area contributed by atoms with Crippen LogP contribution >= 0.6 is 0 Å². The third kappa shape index (κ3) is 16.0. The molecule has 0 aromatic heterocycles. The van der Waals surface area contributed by atoms with Crippen LogP contribution < -0.4 is 27.8 Å². The SMILES string of the molecule is CO.NC(=O)C(CCCN=C(N)N)NC(=O)CNC(=O)CCCC=O. The van der Waals surface area contributed by atoms with E-state index in [4.69, 9.17) is 22.3 Å². The predicted molar refractivity (Wildman–Crippen MR) is 92.1 cm³/mol. The van der Waals surface area contributed by atoms with Gasteiger partial charge in [0.05, 0.1) is 6.54 Å². The number of primary amides is 1. The van der Waals surface area contributed by atoms with Crippen molar-refractivity contribution in [2.45, 2.75) is 38.1 Å². The third-order valence-corrected chi connectivity index (χ3v) is 2.80. The van der Waals surface area contributed by atoms with Gasteiger partial charge in [-0.25, -0.2) is 0 Å². The summed E-state index contributed by atoms with van der Waals surface area (Å²) in [5.74, 6) is -1.60. The first-order valence-electron chi connectivity index (χ1n) is 7.66. The Balaban J connectivity index is 0. The number of aliphatic hydroxyl groups is 1. The fourth-order valence-electron chi connectivity index (χ4n) is 1.65. The van der Waals surface area contributed by atoms with Gasteiger partial charge in [0, 0.05) is 26.5 Å². The van der Waals surface area contributed by atoms with Crippen molar-refractivity contribution in [3.05, 3.63) is 0 Å². The second-order valence-corrected chi connectivity index (χ2v) is 4.81. The molecule has 0 aliphatic carbocycles. The van der Waals surface area contributed by atoms with Crippen molar-refractivity contribution in [2.24, 2.45) is 22.2 Å². The van der Waals surface area contributed by atoms with E-state index in [0.29, 0.717) is 25.8 Å². The van der Waals surface area contributed by atoms with E-state index < -0.39 is 17.9 Å². The standard InChI is InChI=1S/C13H24N6O4.CH4O/c14-12(23)9(4-3-6-17-13(15)16)19-11(22)8-18-10(21)5-1-2-7-20;1-2/h7,9H,1-6,8H2,(H2,14,23)(H,18,21)(H,19,22)(H4,15,16,17);2H,1H3. The molecule has 11 nitrogen and oxygen atoms in total. The van der Waals surface area contributed by atoms with Crippen LogP contribution in [0.5, 0.6) is 0 Å². The van der Waals surface area contributed by atoms with E-state index in [-0.39, 0.29) is 31.3 Å². The maximum atomic E-state index is 11.7. The summed E-state index contributed by atoms with van der Waals surface area (Å²) in [6, 6.07) is -0.858. The first kappa shape index (κ1) is 24.6. The van der Waals surface area contributed by atoms with E-state index in [1.54, 1.807) is 0 Å². The molecular formula is C14H28N6O5. The zero-order valence-electron chi connectivity index (χ0n) is 14.4. The summed E-state index contributed by atoms with van der Waals surface area (Å²) in [5, 5.41) is 11.8. The summed E-state index contributed by atoms with van der Waals surface area (Å²) >= 11 is 0. The van der Waals surface area contributed by atoms with Gasteiger partial charge in [0.15, 0.2) is 5.96 Å². The molecule has 0 aromatic rings. The number of hydrogen-bond acceptors (Lipinski definition) is 6. The lowest BCUT2D eigenvalue weighted by Gasteiger charge is -2.15. The number of nitrogens with zero attached hydrogens (tertiary/aromatic N) is 1. The van der Waals surface area contributed by atoms with Gasteiger partial charge in [-0.15, -0.1) is 0 Å². The van der Waals surface area contributed by atoms with E-state index in [1.165, 1.54) is 0 Å². The van der Waals surface area contributed by atoms with Crippen molar-refractivity contribution in [3.8, 4) is 0 Å². The molecule has 0 rings (SSSR count). The van der Waals surface area contributed by atoms with Crippen LogP contribution in [0.3, 0.4) is 0 Å². The van der Waals surface area contributed by atoms with Gasteiger partial charge in [-0.3, -0.25) is 19.4 Å². The van der Waals surface area contributed by atoms with Crippen molar-refractivity contribution in [1.29, 1.82) is 0 Å². The smallest absolute Gasteiger partial charge is 0.240 e. The van der Waals surface area contributed by atoms with Crippen molar-refractivity contribution in [3.63, 3.8) is 0 Å². The molecule has 0 saturated heterocycles. The number of rotatable bonds is 12.